The average molecular weight is 317 g/mol. The van der Waals surface area contributed by atoms with Crippen molar-refractivity contribution in [3.63, 3.8) is 0 Å². The van der Waals surface area contributed by atoms with Crippen LogP contribution < -0.4 is 5.32 Å². The third-order valence-electron chi connectivity index (χ3n) is 2.40. The van der Waals surface area contributed by atoms with Crippen LogP contribution in [0.4, 0.5) is 8.78 Å². The number of amides is 1. The molecule has 0 unspecified atom stereocenters. The van der Waals surface area contributed by atoms with E-state index in [9.17, 15) is 13.6 Å². The van der Waals surface area contributed by atoms with Crippen LogP contribution in [0.25, 0.3) is 0 Å². The molecule has 0 spiro atoms. The first-order valence-corrected chi connectivity index (χ1v) is 6.76. The van der Waals surface area contributed by atoms with E-state index in [2.05, 4.69) is 5.32 Å². The van der Waals surface area contributed by atoms with Crippen molar-refractivity contribution in [1.29, 1.82) is 0 Å². The topological polar surface area (TPSA) is 64.6 Å². The molecular weight excluding hydrogens is 296 g/mol. The van der Waals surface area contributed by atoms with Crippen LogP contribution >= 0.6 is 0 Å². The summed E-state index contributed by atoms with van der Waals surface area (Å²) in [4.78, 5) is 21.0. The summed E-state index contributed by atoms with van der Waals surface area (Å²) >= 11 is 0. The highest BCUT2D eigenvalue weighted by Gasteiger charge is 2.27. The van der Waals surface area contributed by atoms with E-state index < -0.39 is 29.3 Å². The van der Waals surface area contributed by atoms with E-state index in [0.717, 1.165) is 12.1 Å². The molecule has 0 aromatic heterocycles. The first kappa shape index (κ1) is 20.1. The quantitative estimate of drug-likeness (QED) is 0.476. The molecule has 0 fully saturated rings. The number of ether oxygens (including phenoxy) is 2. The minimum absolute atomic E-state index is 0.214. The fraction of sp³-hybridized carbons (Fsp3) is 0.467. The Morgan fingerprint density at radius 3 is 1.95 bits per heavy atom. The molecule has 0 saturated heterocycles. The van der Waals surface area contributed by atoms with Crippen molar-refractivity contribution in [2.45, 2.75) is 27.1 Å². The molecule has 0 bridgehead atoms. The lowest BCUT2D eigenvalue weighted by molar-refractivity contribution is -0.109. The van der Waals surface area contributed by atoms with Crippen LogP contribution in [0.5, 0.6) is 0 Å². The van der Waals surface area contributed by atoms with E-state index in [-0.39, 0.29) is 13.2 Å². The molecule has 0 radical (unpaired) electrons. The molecule has 124 valence electrons. The Kier molecular flexibility index (Phi) is 9.89. The maximum atomic E-state index is 13.6. The van der Waals surface area contributed by atoms with E-state index >= 15 is 0 Å². The molecule has 1 amide bonds. The van der Waals surface area contributed by atoms with Crippen molar-refractivity contribution in [2.24, 2.45) is 0 Å². The van der Waals surface area contributed by atoms with Crippen molar-refractivity contribution >= 4 is 12.2 Å². The zero-order chi connectivity index (χ0) is 17.1. The van der Waals surface area contributed by atoms with Crippen LogP contribution in [0, 0.1) is 18.6 Å². The van der Waals surface area contributed by atoms with Crippen molar-refractivity contribution < 1.29 is 27.8 Å². The third-order valence-corrected chi connectivity index (χ3v) is 2.40. The lowest BCUT2D eigenvalue weighted by Crippen LogP contribution is -2.29. The second kappa shape index (κ2) is 10.8. The molecule has 0 aliphatic rings. The van der Waals surface area contributed by atoms with Crippen LogP contribution in [-0.2, 0) is 14.3 Å². The van der Waals surface area contributed by atoms with Crippen molar-refractivity contribution in [2.75, 3.05) is 20.3 Å². The maximum Gasteiger partial charge on any atom is 0.224 e. The van der Waals surface area contributed by atoms with E-state index in [0.29, 0.717) is 12.0 Å². The first-order chi connectivity index (χ1) is 10.4. The number of aryl methyl sites for hydroxylation is 1. The van der Waals surface area contributed by atoms with Crippen LogP contribution in [-0.4, -0.2) is 38.7 Å². The summed E-state index contributed by atoms with van der Waals surface area (Å²) in [5, 5.41) is 2.25. The Morgan fingerprint density at radius 1 is 1.23 bits per heavy atom. The highest BCUT2D eigenvalue weighted by Crippen LogP contribution is 2.18. The Balaban J connectivity index is 0.000000980. The third kappa shape index (κ3) is 6.28. The summed E-state index contributed by atoms with van der Waals surface area (Å²) in [5.74, 6) is -2.64. The molecule has 0 aliphatic heterocycles. The minimum atomic E-state index is -1.27. The van der Waals surface area contributed by atoms with E-state index in [1.165, 1.54) is 0 Å². The fourth-order valence-corrected chi connectivity index (χ4v) is 1.56. The Hall–Kier alpha value is -1.86. The largest absolute Gasteiger partial charge is 0.362 e. The zero-order valence-electron chi connectivity index (χ0n) is 13.1. The number of rotatable bonds is 7. The Morgan fingerprint density at radius 2 is 1.64 bits per heavy atom. The molecule has 22 heavy (non-hydrogen) atoms. The highest BCUT2D eigenvalue weighted by atomic mass is 19.1. The van der Waals surface area contributed by atoms with Gasteiger partial charge >= 0.3 is 0 Å². The number of halogens is 2. The van der Waals surface area contributed by atoms with E-state index in [4.69, 9.17) is 14.3 Å². The van der Waals surface area contributed by atoms with Gasteiger partial charge in [0.25, 0.3) is 0 Å². The summed E-state index contributed by atoms with van der Waals surface area (Å²) in [6.45, 7) is 5.31. The fourth-order valence-electron chi connectivity index (χ4n) is 1.56. The van der Waals surface area contributed by atoms with Gasteiger partial charge in [-0.05, 0) is 38.5 Å². The van der Waals surface area contributed by atoms with Crippen molar-refractivity contribution in [3.05, 3.63) is 34.9 Å². The summed E-state index contributed by atoms with van der Waals surface area (Å²) in [6.07, 6.45) is -0.647. The van der Waals surface area contributed by atoms with Gasteiger partial charge in [-0.1, -0.05) is 0 Å². The molecule has 0 aliphatic carbocycles. The molecule has 0 saturated carbocycles. The zero-order valence-corrected chi connectivity index (χ0v) is 13.1. The van der Waals surface area contributed by atoms with Gasteiger partial charge in [-0.2, -0.15) is 0 Å². The van der Waals surface area contributed by atoms with Crippen LogP contribution in [0.1, 0.15) is 29.8 Å². The smallest absolute Gasteiger partial charge is 0.224 e. The van der Waals surface area contributed by atoms with Crippen LogP contribution in [0.3, 0.4) is 0 Å². The lowest BCUT2D eigenvalue weighted by Gasteiger charge is -2.16. The van der Waals surface area contributed by atoms with Gasteiger partial charge in [-0.15, -0.1) is 0 Å². The molecule has 1 N–H and O–H groups in total. The second-order valence-electron chi connectivity index (χ2n) is 4.12. The van der Waals surface area contributed by atoms with Crippen LogP contribution in [0.2, 0.25) is 0 Å². The van der Waals surface area contributed by atoms with Gasteiger partial charge in [0.1, 0.15) is 11.6 Å². The molecule has 1 aromatic carbocycles. The summed E-state index contributed by atoms with van der Waals surface area (Å²) in [6, 6.07) is 2.20. The van der Waals surface area contributed by atoms with E-state index in [1.807, 2.05) is 0 Å². The van der Waals surface area contributed by atoms with Crippen LogP contribution in [0.15, 0.2) is 12.1 Å². The van der Waals surface area contributed by atoms with Gasteiger partial charge < -0.3 is 14.8 Å². The molecule has 5 nitrogen and oxygen atoms in total. The number of carbonyl (C=O) groups is 2. The first-order valence-electron chi connectivity index (χ1n) is 6.76. The van der Waals surface area contributed by atoms with Gasteiger partial charge in [0.05, 0.1) is 5.56 Å². The normalized spacial score (nSPS) is 9.95. The van der Waals surface area contributed by atoms with Crippen molar-refractivity contribution in [1.82, 2.24) is 5.32 Å². The van der Waals surface area contributed by atoms with Gasteiger partial charge in [0.15, 0.2) is 0 Å². The molecule has 7 heteroatoms. The summed E-state index contributed by atoms with van der Waals surface area (Å²) < 4.78 is 37.3. The van der Waals surface area contributed by atoms with Gasteiger partial charge in [0, 0.05) is 20.3 Å². The Labute approximate surface area is 128 Å². The molecule has 0 atom stereocenters. The van der Waals surface area contributed by atoms with Gasteiger partial charge in [0.2, 0.25) is 18.5 Å². The SMILES string of the molecule is CCOC(OCC)C(=O)c1c(F)cc(C)cc1F.CNC=O. The number of ketones is 1. The summed E-state index contributed by atoms with van der Waals surface area (Å²) in [7, 11) is 1.56. The molecule has 1 aromatic rings. The predicted molar refractivity (Wildman–Crippen MR) is 77.6 cm³/mol. The number of benzene rings is 1. The Bertz CT molecular complexity index is 465. The molecule has 0 heterocycles. The minimum Gasteiger partial charge on any atom is -0.362 e. The molecular formula is C15H21F2NO4. The highest BCUT2D eigenvalue weighted by molar-refractivity contribution is 5.99. The standard InChI is InChI=1S/C13H16F2O3.C2H5NO/c1-4-17-13(18-5-2)12(16)11-9(14)6-8(3)7-10(11)15;1-3-2-4/h6-7,13H,4-5H2,1-3H3;2H,1H3,(H,3,4). The summed E-state index contributed by atoms with van der Waals surface area (Å²) in [5.41, 5.74) is -0.210. The average Bonchev–Trinajstić information content (AvgIpc) is 2.46. The van der Waals surface area contributed by atoms with Gasteiger partial charge in [-0.3, -0.25) is 9.59 Å². The lowest BCUT2D eigenvalue weighted by atomic mass is 10.1. The molecule has 1 rings (SSSR count). The second-order valence-corrected chi connectivity index (χ2v) is 4.12. The van der Waals surface area contributed by atoms with Gasteiger partial charge in [-0.25, -0.2) is 8.78 Å². The number of carbonyl (C=O) groups excluding carboxylic acids is 2. The number of Topliss-reactive ketones (excluding diaryl/α,β-unsaturated/α-hetero) is 1. The number of nitrogens with one attached hydrogen (secondary N) is 1. The number of hydrogen-bond donors (Lipinski definition) is 1. The van der Waals surface area contributed by atoms with E-state index in [1.54, 1.807) is 27.8 Å². The monoisotopic (exact) mass is 317 g/mol. The maximum absolute atomic E-state index is 13.6. The number of hydrogen-bond acceptors (Lipinski definition) is 4. The van der Waals surface area contributed by atoms with Crippen molar-refractivity contribution in [3.8, 4) is 0 Å². The predicted octanol–water partition coefficient (Wildman–Crippen LogP) is 2.22.